The lowest BCUT2D eigenvalue weighted by atomic mass is 10.0. The van der Waals surface area contributed by atoms with Gasteiger partial charge in [-0.1, -0.05) is 29.8 Å². The number of carbonyl (C=O) groups is 2. The Morgan fingerprint density at radius 2 is 1.87 bits per heavy atom. The van der Waals surface area contributed by atoms with Crippen LogP contribution in [0, 0.1) is 6.92 Å². The lowest BCUT2D eigenvalue weighted by Crippen LogP contribution is -2.35. The molecule has 0 saturated carbocycles. The van der Waals surface area contributed by atoms with E-state index in [9.17, 15) is 18.0 Å². The predicted molar refractivity (Wildman–Crippen MR) is 155 cm³/mol. The molecule has 204 valence electrons. The van der Waals surface area contributed by atoms with E-state index in [4.69, 9.17) is 9.72 Å². The minimum atomic E-state index is -3.47. The Kier molecular flexibility index (Phi) is 8.01. The first-order valence-electron chi connectivity index (χ1n) is 12.8. The quantitative estimate of drug-likeness (QED) is 0.271. The van der Waals surface area contributed by atoms with Gasteiger partial charge in [-0.2, -0.15) is 0 Å². The van der Waals surface area contributed by atoms with Crippen LogP contribution in [0.5, 0.6) is 0 Å². The molecule has 0 saturated heterocycles. The minimum absolute atomic E-state index is 0.0713. The number of aryl methyl sites for hydroxylation is 1. The van der Waals surface area contributed by atoms with Gasteiger partial charge < -0.3 is 15.0 Å². The number of thiazole rings is 1. The topological polar surface area (TPSA) is 106 Å². The number of benzene rings is 2. The van der Waals surface area contributed by atoms with Gasteiger partial charge in [0.1, 0.15) is 10.0 Å². The number of hydrogen-bond donors (Lipinski definition) is 1. The molecule has 0 atom stereocenters. The van der Waals surface area contributed by atoms with Crippen LogP contribution < -0.4 is 5.32 Å². The van der Waals surface area contributed by atoms with Crippen LogP contribution in [0.1, 0.15) is 35.8 Å². The van der Waals surface area contributed by atoms with E-state index in [1.54, 1.807) is 47.4 Å². The molecule has 0 spiro atoms. The van der Waals surface area contributed by atoms with E-state index < -0.39 is 9.84 Å². The Balaban J connectivity index is 1.36. The third kappa shape index (κ3) is 6.00. The second kappa shape index (κ2) is 11.4. The highest BCUT2D eigenvalue weighted by Crippen LogP contribution is 2.45. The molecule has 0 radical (unpaired) electrons. The fourth-order valence-corrected chi connectivity index (χ4v) is 8.24. The first-order chi connectivity index (χ1) is 18.7. The van der Waals surface area contributed by atoms with Crippen LogP contribution in [0.15, 0.2) is 53.4 Å². The number of nitrogens with zero attached hydrogens (tertiary/aromatic N) is 2. The van der Waals surface area contributed by atoms with Gasteiger partial charge in [0.2, 0.25) is 5.91 Å². The number of ether oxygens (including phenoxy) is 1. The number of amides is 2. The van der Waals surface area contributed by atoms with Gasteiger partial charge >= 0.3 is 6.09 Å². The Morgan fingerprint density at radius 3 is 2.62 bits per heavy atom. The molecular weight excluding hydrogens is 555 g/mol. The predicted octanol–water partition coefficient (Wildman–Crippen LogP) is 6.04. The largest absolute Gasteiger partial charge is 0.450 e. The van der Waals surface area contributed by atoms with Crippen molar-refractivity contribution in [3.8, 4) is 10.6 Å². The van der Waals surface area contributed by atoms with Crippen molar-refractivity contribution >= 4 is 59.7 Å². The molecule has 1 aliphatic rings. The van der Waals surface area contributed by atoms with Crippen molar-refractivity contribution in [3.63, 3.8) is 0 Å². The van der Waals surface area contributed by atoms with Gasteiger partial charge in [-0.05, 0) is 56.5 Å². The molecule has 0 aliphatic carbocycles. The molecule has 1 N–H and O–H groups in total. The molecular formula is C28H29N3O5S3. The number of thiophene rings is 1. The highest BCUT2D eigenvalue weighted by atomic mass is 32.2. The molecule has 0 fully saturated rings. The third-order valence-electron chi connectivity index (χ3n) is 6.54. The van der Waals surface area contributed by atoms with Crippen molar-refractivity contribution in [2.24, 2.45) is 0 Å². The van der Waals surface area contributed by atoms with E-state index in [0.717, 1.165) is 36.8 Å². The number of nitrogens with one attached hydrogen (secondary N) is 1. The zero-order chi connectivity index (χ0) is 27.6. The molecule has 2 amide bonds. The molecule has 4 aromatic rings. The number of anilines is 1. The second-order valence-electron chi connectivity index (χ2n) is 9.35. The standard InChI is InChI=1S/C28H29N3O5S3/c1-3-36-28(33)31-15-14-20-23(17-31)38-27(25(20)26-29-21-7-4-5-8-22(21)37-26)30-24(32)9-6-16-39(34,35)19-12-10-18(2)11-13-19/h4-5,7-8,10-13H,3,6,9,14-17H2,1-2H3,(H,30,32). The fourth-order valence-electron chi connectivity index (χ4n) is 4.54. The molecule has 8 nitrogen and oxygen atoms in total. The Bertz CT molecular complexity index is 1590. The van der Waals surface area contributed by atoms with Crippen LogP contribution in [-0.4, -0.2) is 49.2 Å². The summed E-state index contributed by atoms with van der Waals surface area (Å²) >= 11 is 3.00. The number of fused-ring (bicyclic) bond motifs is 2. The number of sulfone groups is 1. The van der Waals surface area contributed by atoms with Gasteiger partial charge in [-0.15, -0.1) is 22.7 Å². The van der Waals surface area contributed by atoms with Crippen LogP contribution in [0.25, 0.3) is 20.8 Å². The van der Waals surface area contributed by atoms with Gasteiger partial charge in [0.25, 0.3) is 0 Å². The van der Waals surface area contributed by atoms with Crippen LogP contribution in [-0.2, 0) is 32.3 Å². The number of rotatable bonds is 8. The lowest BCUT2D eigenvalue weighted by molar-refractivity contribution is -0.116. The summed E-state index contributed by atoms with van der Waals surface area (Å²) in [5, 5.41) is 4.52. The van der Waals surface area contributed by atoms with E-state index in [1.165, 1.54) is 11.3 Å². The van der Waals surface area contributed by atoms with Gasteiger partial charge in [-0.3, -0.25) is 4.79 Å². The zero-order valence-corrected chi connectivity index (χ0v) is 24.2. The van der Waals surface area contributed by atoms with Crippen LogP contribution in [0.3, 0.4) is 0 Å². The van der Waals surface area contributed by atoms with Gasteiger partial charge in [0, 0.05) is 23.4 Å². The maximum atomic E-state index is 13.0. The SMILES string of the molecule is CCOC(=O)N1CCc2c(sc(NC(=O)CCCS(=O)(=O)c3ccc(C)cc3)c2-c2nc3ccccc3s2)C1. The highest BCUT2D eigenvalue weighted by molar-refractivity contribution is 7.91. The average Bonchev–Trinajstić information content (AvgIpc) is 3.49. The summed E-state index contributed by atoms with van der Waals surface area (Å²) in [6.45, 7) is 4.92. The molecule has 5 rings (SSSR count). The molecule has 39 heavy (non-hydrogen) atoms. The zero-order valence-electron chi connectivity index (χ0n) is 21.7. The smallest absolute Gasteiger partial charge is 0.410 e. The summed E-state index contributed by atoms with van der Waals surface area (Å²) in [6.07, 6.45) is 0.557. The minimum Gasteiger partial charge on any atom is -0.450 e. The number of hydrogen-bond acceptors (Lipinski definition) is 8. The summed E-state index contributed by atoms with van der Waals surface area (Å²) < 4.78 is 31.6. The monoisotopic (exact) mass is 583 g/mol. The summed E-state index contributed by atoms with van der Waals surface area (Å²) in [7, 11) is -3.47. The number of carbonyl (C=O) groups excluding carboxylic acids is 2. The Labute approximate surface area is 235 Å². The lowest BCUT2D eigenvalue weighted by Gasteiger charge is -2.26. The molecule has 0 bridgehead atoms. The first kappa shape index (κ1) is 27.3. The molecule has 0 unspecified atom stereocenters. The van der Waals surface area contributed by atoms with E-state index in [2.05, 4.69) is 5.32 Å². The highest BCUT2D eigenvalue weighted by Gasteiger charge is 2.30. The molecule has 3 heterocycles. The summed E-state index contributed by atoms with van der Waals surface area (Å²) in [6, 6.07) is 14.6. The molecule has 2 aromatic heterocycles. The molecule has 1 aliphatic heterocycles. The number of aromatic nitrogens is 1. The first-order valence-corrected chi connectivity index (χ1v) is 16.0. The molecule has 11 heteroatoms. The van der Waals surface area contributed by atoms with Crippen LogP contribution in [0.4, 0.5) is 9.80 Å². The van der Waals surface area contributed by atoms with Gasteiger partial charge in [0.05, 0.1) is 34.0 Å². The van der Waals surface area contributed by atoms with Crippen molar-refractivity contribution in [2.75, 3.05) is 24.2 Å². The van der Waals surface area contributed by atoms with Crippen molar-refractivity contribution in [1.82, 2.24) is 9.88 Å². The fraction of sp³-hybridized carbons (Fsp3) is 0.321. The van der Waals surface area contributed by atoms with Gasteiger partial charge in [-0.25, -0.2) is 18.2 Å². The maximum absolute atomic E-state index is 13.0. The summed E-state index contributed by atoms with van der Waals surface area (Å²) in [5.41, 5.74) is 3.85. The summed E-state index contributed by atoms with van der Waals surface area (Å²) in [4.78, 5) is 33.1. The number of para-hydroxylation sites is 1. The van der Waals surface area contributed by atoms with Crippen molar-refractivity contribution in [3.05, 3.63) is 64.5 Å². The van der Waals surface area contributed by atoms with Crippen molar-refractivity contribution in [2.45, 2.75) is 44.6 Å². The maximum Gasteiger partial charge on any atom is 0.410 e. The van der Waals surface area contributed by atoms with E-state index in [1.807, 2.05) is 31.2 Å². The Morgan fingerprint density at radius 1 is 1.10 bits per heavy atom. The Hall–Kier alpha value is -3.28. The van der Waals surface area contributed by atoms with Crippen molar-refractivity contribution < 1.29 is 22.7 Å². The van der Waals surface area contributed by atoms with E-state index in [0.29, 0.717) is 31.1 Å². The third-order valence-corrected chi connectivity index (χ3v) is 10.5. The summed E-state index contributed by atoms with van der Waals surface area (Å²) in [5.74, 6) is -0.360. The van der Waals surface area contributed by atoms with Crippen LogP contribution in [0.2, 0.25) is 0 Å². The molecule has 2 aromatic carbocycles. The second-order valence-corrected chi connectivity index (χ2v) is 13.6. The van der Waals surface area contributed by atoms with Crippen molar-refractivity contribution in [1.29, 1.82) is 0 Å². The average molecular weight is 584 g/mol. The van der Waals surface area contributed by atoms with Gasteiger partial charge in [0.15, 0.2) is 9.84 Å². The normalized spacial score (nSPS) is 13.3. The van der Waals surface area contributed by atoms with E-state index in [-0.39, 0.29) is 35.5 Å². The van der Waals surface area contributed by atoms with Crippen LogP contribution >= 0.6 is 22.7 Å². The van der Waals surface area contributed by atoms with E-state index >= 15 is 0 Å².